The molecular weight excluding hydrogens is 305 g/mol. The molecule has 0 aliphatic heterocycles. The zero-order valence-corrected chi connectivity index (χ0v) is 12.2. The molecule has 4 nitrogen and oxygen atoms in total. The van der Waals surface area contributed by atoms with Crippen molar-refractivity contribution in [3.05, 3.63) is 65.2 Å². The Morgan fingerprint density at radius 1 is 1.00 bits per heavy atom. The minimum atomic E-state index is -4.46. The quantitative estimate of drug-likeness (QED) is 0.739. The van der Waals surface area contributed by atoms with Crippen LogP contribution in [-0.4, -0.2) is 20.2 Å². The molecular formula is C16H13F3N4. The molecule has 0 saturated carbocycles. The third-order valence-electron chi connectivity index (χ3n) is 3.59. The Morgan fingerprint density at radius 3 is 2.43 bits per heavy atom. The van der Waals surface area contributed by atoms with Gasteiger partial charge in [0.15, 0.2) is 5.82 Å². The highest BCUT2D eigenvalue weighted by Gasteiger charge is 2.34. The summed E-state index contributed by atoms with van der Waals surface area (Å²) in [6.45, 7) is 2.24. The van der Waals surface area contributed by atoms with Gasteiger partial charge in [-0.2, -0.15) is 13.2 Å². The molecule has 118 valence electrons. The second-order valence-electron chi connectivity index (χ2n) is 5.13. The van der Waals surface area contributed by atoms with Crippen LogP contribution in [0, 0.1) is 6.92 Å². The summed E-state index contributed by atoms with van der Waals surface area (Å²) >= 11 is 0. The number of halogens is 3. The molecule has 1 heterocycles. The Kier molecular flexibility index (Phi) is 3.85. The second-order valence-corrected chi connectivity index (χ2v) is 5.13. The predicted molar refractivity (Wildman–Crippen MR) is 78.5 cm³/mol. The van der Waals surface area contributed by atoms with E-state index in [1.165, 1.54) is 22.9 Å². The summed E-state index contributed by atoms with van der Waals surface area (Å²) in [4.78, 5) is 0. The van der Waals surface area contributed by atoms with Gasteiger partial charge in [-0.3, -0.25) is 0 Å². The van der Waals surface area contributed by atoms with Gasteiger partial charge in [-0.1, -0.05) is 42.5 Å². The van der Waals surface area contributed by atoms with Crippen LogP contribution >= 0.6 is 0 Å². The Labute approximate surface area is 130 Å². The van der Waals surface area contributed by atoms with Gasteiger partial charge in [0.2, 0.25) is 0 Å². The third-order valence-corrected chi connectivity index (χ3v) is 3.59. The molecule has 0 bridgehead atoms. The highest BCUT2D eigenvalue weighted by atomic mass is 19.4. The zero-order valence-electron chi connectivity index (χ0n) is 12.2. The predicted octanol–water partition coefficient (Wildman–Crippen LogP) is 3.72. The van der Waals surface area contributed by atoms with Crippen LogP contribution in [-0.2, 0) is 12.7 Å². The Bertz CT molecular complexity index is 824. The topological polar surface area (TPSA) is 43.6 Å². The van der Waals surface area contributed by atoms with Crippen molar-refractivity contribution in [3.63, 3.8) is 0 Å². The first-order chi connectivity index (χ1) is 11.0. The van der Waals surface area contributed by atoms with Crippen LogP contribution in [0.5, 0.6) is 0 Å². The number of hydrogen-bond donors (Lipinski definition) is 0. The SMILES string of the molecule is Cc1ccccc1Cn1nnnc1-c1ccccc1C(F)(F)F. The lowest BCUT2D eigenvalue weighted by Gasteiger charge is -2.13. The van der Waals surface area contributed by atoms with Crippen molar-refractivity contribution in [2.24, 2.45) is 0 Å². The van der Waals surface area contributed by atoms with E-state index in [1.54, 1.807) is 0 Å². The van der Waals surface area contributed by atoms with Crippen LogP contribution in [0.15, 0.2) is 48.5 Å². The van der Waals surface area contributed by atoms with E-state index in [0.717, 1.165) is 17.2 Å². The van der Waals surface area contributed by atoms with Crippen LogP contribution in [0.2, 0.25) is 0 Å². The van der Waals surface area contributed by atoms with E-state index in [-0.39, 0.29) is 11.4 Å². The van der Waals surface area contributed by atoms with Gasteiger partial charge in [-0.15, -0.1) is 5.10 Å². The number of aryl methyl sites for hydroxylation is 1. The van der Waals surface area contributed by atoms with Gasteiger partial charge in [0, 0.05) is 5.56 Å². The first-order valence-electron chi connectivity index (χ1n) is 6.94. The Hall–Kier alpha value is -2.70. The number of alkyl halides is 3. The maximum Gasteiger partial charge on any atom is 0.417 e. The lowest BCUT2D eigenvalue weighted by Crippen LogP contribution is -2.11. The lowest BCUT2D eigenvalue weighted by atomic mass is 10.1. The molecule has 0 aliphatic carbocycles. The molecule has 0 amide bonds. The zero-order chi connectivity index (χ0) is 16.4. The van der Waals surface area contributed by atoms with Crippen molar-refractivity contribution >= 4 is 0 Å². The Morgan fingerprint density at radius 2 is 1.70 bits per heavy atom. The summed E-state index contributed by atoms with van der Waals surface area (Å²) in [5, 5.41) is 11.2. The molecule has 7 heteroatoms. The average Bonchev–Trinajstić information content (AvgIpc) is 2.97. The van der Waals surface area contributed by atoms with Gasteiger partial charge >= 0.3 is 6.18 Å². The Balaban J connectivity index is 2.05. The number of hydrogen-bond acceptors (Lipinski definition) is 3. The molecule has 1 aromatic heterocycles. The molecule has 23 heavy (non-hydrogen) atoms. The van der Waals surface area contributed by atoms with E-state index in [9.17, 15) is 13.2 Å². The molecule has 3 rings (SSSR count). The van der Waals surface area contributed by atoms with Crippen molar-refractivity contribution in [1.29, 1.82) is 0 Å². The van der Waals surface area contributed by atoms with Crippen molar-refractivity contribution in [3.8, 4) is 11.4 Å². The molecule has 0 spiro atoms. The van der Waals surface area contributed by atoms with E-state index in [4.69, 9.17) is 0 Å². The van der Waals surface area contributed by atoms with Crippen LogP contribution in [0.3, 0.4) is 0 Å². The first kappa shape index (κ1) is 15.2. The van der Waals surface area contributed by atoms with Crippen LogP contribution in [0.25, 0.3) is 11.4 Å². The fourth-order valence-electron chi connectivity index (χ4n) is 2.38. The molecule has 0 saturated heterocycles. The molecule has 0 aliphatic rings. The smallest absolute Gasteiger partial charge is 0.221 e. The first-order valence-corrected chi connectivity index (χ1v) is 6.94. The molecule has 0 unspecified atom stereocenters. The van der Waals surface area contributed by atoms with Crippen LogP contribution in [0.4, 0.5) is 13.2 Å². The van der Waals surface area contributed by atoms with Gasteiger partial charge in [-0.25, -0.2) is 4.68 Å². The van der Waals surface area contributed by atoms with E-state index in [0.29, 0.717) is 6.54 Å². The summed E-state index contributed by atoms with van der Waals surface area (Å²) in [7, 11) is 0. The van der Waals surface area contributed by atoms with Crippen molar-refractivity contribution in [1.82, 2.24) is 20.2 Å². The van der Waals surface area contributed by atoms with Crippen LogP contribution < -0.4 is 0 Å². The number of tetrazole rings is 1. The van der Waals surface area contributed by atoms with E-state index in [2.05, 4.69) is 15.5 Å². The van der Waals surface area contributed by atoms with Crippen molar-refractivity contribution in [2.45, 2.75) is 19.6 Å². The van der Waals surface area contributed by atoms with Crippen molar-refractivity contribution in [2.75, 3.05) is 0 Å². The summed E-state index contributed by atoms with van der Waals surface area (Å²) < 4.78 is 40.9. The highest BCUT2D eigenvalue weighted by Crippen LogP contribution is 2.36. The molecule has 0 N–H and O–H groups in total. The second kappa shape index (κ2) is 5.83. The van der Waals surface area contributed by atoms with E-state index in [1.807, 2.05) is 31.2 Å². The standard InChI is InChI=1S/C16H13F3N4/c1-11-6-2-3-7-12(11)10-23-15(20-21-22-23)13-8-4-5-9-14(13)16(17,18)19/h2-9H,10H2,1H3. The molecule has 3 aromatic rings. The fraction of sp³-hybridized carbons (Fsp3) is 0.188. The maximum absolute atomic E-state index is 13.2. The highest BCUT2D eigenvalue weighted by molar-refractivity contribution is 5.61. The maximum atomic E-state index is 13.2. The van der Waals surface area contributed by atoms with Crippen molar-refractivity contribution < 1.29 is 13.2 Å². The number of nitrogens with zero attached hydrogens (tertiary/aromatic N) is 4. The van der Waals surface area contributed by atoms with Gasteiger partial charge in [0.1, 0.15) is 0 Å². The molecule has 0 fully saturated rings. The molecule has 0 atom stereocenters. The van der Waals surface area contributed by atoms with Gasteiger partial charge in [0.25, 0.3) is 0 Å². The summed E-state index contributed by atoms with van der Waals surface area (Å²) in [6.07, 6.45) is -4.46. The minimum absolute atomic E-state index is 0.0291. The number of aromatic nitrogens is 4. The number of benzene rings is 2. The van der Waals surface area contributed by atoms with E-state index >= 15 is 0 Å². The lowest BCUT2D eigenvalue weighted by molar-refractivity contribution is -0.137. The average molecular weight is 318 g/mol. The summed E-state index contributed by atoms with van der Waals surface area (Å²) in [5.41, 5.74) is 1.20. The molecule has 2 aromatic carbocycles. The van der Waals surface area contributed by atoms with E-state index < -0.39 is 11.7 Å². The molecule has 0 radical (unpaired) electrons. The fourth-order valence-corrected chi connectivity index (χ4v) is 2.38. The minimum Gasteiger partial charge on any atom is -0.221 e. The van der Waals surface area contributed by atoms with Gasteiger partial charge in [-0.05, 0) is 34.5 Å². The monoisotopic (exact) mass is 318 g/mol. The summed E-state index contributed by atoms with van der Waals surface area (Å²) in [5.74, 6) is 0.0983. The van der Waals surface area contributed by atoms with Gasteiger partial charge < -0.3 is 0 Å². The largest absolute Gasteiger partial charge is 0.417 e. The summed E-state index contributed by atoms with van der Waals surface area (Å²) in [6, 6.07) is 12.9. The normalized spacial score (nSPS) is 11.7. The third kappa shape index (κ3) is 3.08. The number of rotatable bonds is 3. The van der Waals surface area contributed by atoms with Crippen LogP contribution in [0.1, 0.15) is 16.7 Å². The van der Waals surface area contributed by atoms with Gasteiger partial charge in [0.05, 0.1) is 12.1 Å².